The van der Waals surface area contributed by atoms with Crippen molar-refractivity contribution < 1.29 is 38.1 Å². The molecule has 3 rings (SSSR count). The second-order valence-electron chi connectivity index (χ2n) is 10.2. The molecule has 2 atom stereocenters. The number of aliphatic carboxylic acids is 1. The summed E-state index contributed by atoms with van der Waals surface area (Å²) in [6.45, 7) is 6.84. The van der Waals surface area contributed by atoms with Gasteiger partial charge < -0.3 is 30.0 Å². The molecule has 220 valence electrons. The number of alkyl carbamates (subject to hydrolysis) is 1. The van der Waals surface area contributed by atoms with Gasteiger partial charge in [0.05, 0.1) is 31.2 Å². The number of nitrogens with one attached hydrogen (secondary N) is 2. The first-order valence-corrected chi connectivity index (χ1v) is 13.0. The van der Waals surface area contributed by atoms with Crippen molar-refractivity contribution in [2.75, 3.05) is 20.8 Å². The number of nitrogens with zero attached hydrogens (tertiary/aromatic N) is 2. The number of carboxylic acids is 1. The summed E-state index contributed by atoms with van der Waals surface area (Å²) in [5.74, 6) is -2.28. The molecule has 0 spiro atoms. The number of aromatic nitrogens is 2. The molecule has 0 saturated carbocycles. The topological polar surface area (TPSA) is 141 Å². The molecule has 0 aliphatic carbocycles. The van der Waals surface area contributed by atoms with Crippen molar-refractivity contribution in [1.82, 2.24) is 20.4 Å². The van der Waals surface area contributed by atoms with E-state index in [2.05, 4.69) is 15.7 Å². The molecular weight excluding hydrogens is 535 g/mol. The molecule has 1 unspecified atom stereocenters. The molecule has 11 nitrogen and oxygen atoms in total. The second-order valence-corrected chi connectivity index (χ2v) is 10.2. The van der Waals surface area contributed by atoms with Crippen molar-refractivity contribution in [2.45, 2.75) is 45.8 Å². The maximum atomic E-state index is 13.7. The fourth-order valence-corrected chi connectivity index (χ4v) is 4.18. The predicted molar refractivity (Wildman–Crippen MR) is 149 cm³/mol. The van der Waals surface area contributed by atoms with Gasteiger partial charge in [-0.3, -0.25) is 4.79 Å². The van der Waals surface area contributed by atoms with E-state index in [1.165, 1.54) is 49.2 Å². The van der Waals surface area contributed by atoms with Crippen LogP contribution in [0.15, 0.2) is 48.5 Å². The van der Waals surface area contributed by atoms with Gasteiger partial charge in [-0.25, -0.2) is 18.7 Å². The van der Waals surface area contributed by atoms with E-state index in [9.17, 15) is 23.9 Å². The summed E-state index contributed by atoms with van der Waals surface area (Å²) < 4.78 is 31.4. The molecule has 0 aliphatic heterocycles. The summed E-state index contributed by atoms with van der Waals surface area (Å²) in [6.07, 6.45) is -0.361. The number of halogens is 1. The lowest BCUT2D eigenvalue weighted by Crippen LogP contribution is -2.49. The van der Waals surface area contributed by atoms with Gasteiger partial charge in [0.25, 0.3) is 5.91 Å². The molecule has 2 aromatic carbocycles. The highest BCUT2D eigenvalue weighted by Crippen LogP contribution is 2.39. The number of carbonyl (C=O) groups excluding carboxylic acids is 2. The average molecular weight is 571 g/mol. The molecule has 0 saturated heterocycles. The Morgan fingerprint density at radius 2 is 1.66 bits per heavy atom. The van der Waals surface area contributed by atoms with E-state index < -0.39 is 41.3 Å². The van der Waals surface area contributed by atoms with Gasteiger partial charge in [0.1, 0.15) is 29.0 Å². The van der Waals surface area contributed by atoms with E-state index in [-0.39, 0.29) is 12.2 Å². The summed E-state index contributed by atoms with van der Waals surface area (Å²) in [5, 5.41) is 19.5. The minimum atomic E-state index is -1.34. The Balaban J connectivity index is 1.98. The zero-order valence-corrected chi connectivity index (χ0v) is 23.9. The molecule has 0 bridgehead atoms. The minimum absolute atomic E-state index is 0.0453. The first kappa shape index (κ1) is 30.9. The van der Waals surface area contributed by atoms with Crippen LogP contribution in [0.1, 0.15) is 44.6 Å². The van der Waals surface area contributed by atoms with E-state index >= 15 is 0 Å². The Labute approximate surface area is 237 Å². The van der Waals surface area contributed by atoms with Crippen LogP contribution in [0.3, 0.4) is 0 Å². The smallest absolute Gasteiger partial charge is 0.407 e. The lowest BCUT2D eigenvalue weighted by molar-refractivity contribution is -0.140. The number of rotatable bonds is 11. The summed E-state index contributed by atoms with van der Waals surface area (Å²) >= 11 is 0. The molecule has 0 radical (unpaired) electrons. The Bertz CT molecular complexity index is 1360. The van der Waals surface area contributed by atoms with Crippen molar-refractivity contribution in [3.05, 3.63) is 60.0 Å². The third-order valence-electron chi connectivity index (χ3n) is 6.15. The molecule has 41 heavy (non-hydrogen) atoms. The van der Waals surface area contributed by atoms with E-state index in [1.54, 1.807) is 45.9 Å². The third kappa shape index (κ3) is 7.74. The van der Waals surface area contributed by atoms with E-state index in [0.29, 0.717) is 34.9 Å². The van der Waals surface area contributed by atoms with Gasteiger partial charge in [-0.2, -0.15) is 5.10 Å². The van der Waals surface area contributed by atoms with Crippen LogP contribution in [-0.2, 0) is 9.53 Å². The predicted octanol–water partition coefficient (Wildman–Crippen LogP) is 4.43. The van der Waals surface area contributed by atoms with Crippen molar-refractivity contribution in [2.24, 2.45) is 5.92 Å². The van der Waals surface area contributed by atoms with Gasteiger partial charge in [-0.15, -0.1) is 0 Å². The van der Waals surface area contributed by atoms with Gasteiger partial charge in [0.15, 0.2) is 5.69 Å². The molecule has 3 N–H and O–H groups in total. The van der Waals surface area contributed by atoms with Crippen LogP contribution >= 0.6 is 0 Å². The number of hydrogen-bond acceptors (Lipinski definition) is 7. The molecular formula is C29H35FN4O7. The molecule has 12 heteroatoms. The largest absolute Gasteiger partial charge is 0.496 e. The number of carboxylic acid groups (broad SMARTS) is 1. The first-order valence-electron chi connectivity index (χ1n) is 13.0. The van der Waals surface area contributed by atoms with Crippen molar-refractivity contribution in [3.63, 3.8) is 0 Å². The van der Waals surface area contributed by atoms with Crippen LogP contribution in [0.5, 0.6) is 11.5 Å². The fraction of sp³-hybridized carbons (Fsp3) is 0.379. The molecule has 1 heterocycles. The van der Waals surface area contributed by atoms with E-state index in [1.807, 2.05) is 0 Å². The number of ether oxygens (including phenoxy) is 3. The Kier molecular flexibility index (Phi) is 9.93. The summed E-state index contributed by atoms with van der Waals surface area (Å²) in [6, 6.07) is 10.8. The number of amides is 2. The van der Waals surface area contributed by atoms with Crippen LogP contribution < -0.4 is 20.1 Å². The highest BCUT2D eigenvalue weighted by Gasteiger charge is 2.31. The summed E-state index contributed by atoms with van der Waals surface area (Å²) in [5.41, 5.74) is 0.490. The van der Waals surface area contributed by atoms with Gasteiger partial charge in [0, 0.05) is 12.5 Å². The van der Waals surface area contributed by atoms with E-state index in [0.717, 1.165) is 0 Å². The molecule has 1 aromatic heterocycles. The van der Waals surface area contributed by atoms with Gasteiger partial charge in [-0.05, 0) is 69.7 Å². The number of hydrogen-bond donors (Lipinski definition) is 3. The van der Waals surface area contributed by atoms with Crippen LogP contribution in [0.4, 0.5) is 9.18 Å². The monoisotopic (exact) mass is 570 g/mol. The normalized spacial score (nSPS) is 12.7. The van der Waals surface area contributed by atoms with Gasteiger partial charge in [0.2, 0.25) is 0 Å². The number of benzene rings is 2. The fourth-order valence-electron chi connectivity index (χ4n) is 4.18. The highest BCUT2D eigenvalue weighted by molar-refractivity contribution is 5.96. The van der Waals surface area contributed by atoms with Gasteiger partial charge >= 0.3 is 12.1 Å². The number of methoxy groups -OCH3 is 2. The van der Waals surface area contributed by atoms with Crippen LogP contribution in [0.2, 0.25) is 0 Å². The molecule has 0 aliphatic rings. The van der Waals surface area contributed by atoms with Crippen molar-refractivity contribution in [3.8, 4) is 28.4 Å². The quantitative estimate of drug-likeness (QED) is 0.308. The third-order valence-corrected chi connectivity index (χ3v) is 6.15. The standard InChI is InChI=1S/C29H35FN4O7/c1-7-17(16-31-28(38)41-29(2,3)4)25(27(36)37)32-26(35)20-15-21(24-22(39-5)9-8-10-23(24)40-6)34(33-20)19-13-11-18(30)12-14-19/h8-15,17,25H,7,16H2,1-6H3,(H,31,38)(H,32,35)(H,36,37)/t17-,25?/m1/s1. The Hall–Kier alpha value is -4.61. The average Bonchev–Trinajstić information content (AvgIpc) is 3.36. The Morgan fingerprint density at radius 1 is 1.05 bits per heavy atom. The maximum absolute atomic E-state index is 13.7. The lowest BCUT2D eigenvalue weighted by atomic mass is 9.96. The minimum Gasteiger partial charge on any atom is -0.496 e. The summed E-state index contributed by atoms with van der Waals surface area (Å²) in [7, 11) is 2.97. The van der Waals surface area contributed by atoms with Crippen molar-refractivity contribution in [1.29, 1.82) is 0 Å². The maximum Gasteiger partial charge on any atom is 0.407 e. The van der Waals surface area contributed by atoms with Crippen LogP contribution in [-0.4, -0.2) is 65.3 Å². The first-order chi connectivity index (χ1) is 19.4. The zero-order valence-electron chi connectivity index (χ0n) is 23.9. The van der Waals surface area contributed by atoms with Crippen LogP contribution in [0.25, 0.3) is 16.9 Å². The highest BCUT2D eigenvalue weighted by atomic mass is 19.1. The molecule has 0 fully saturated rings. The SMILES string of the molecule is CC[C@H](CNC(=O)OC(C)(C)C)C(NC(=O)c1cc(-c2c(OC)cccc2OC)n(-c2ccc(F)cc2)n1)C(=O)O. The second kappa shape index (κ2) is 13.2. The van der Waals surface area contributed by atoms with E-state index in [4.69, 9.17) is 14.2 Å². The van der Waals surface area contributed by atoms with Crippen molar-refractivity contribution >= 4 is 18.0 Å². The number of carbonyl (C=O) groups is 3. The zero-order chi connectivity index (χ0) is 30.3. The Morgan fingerprint density at radius 3 is 2.17 bits per heavy atom. The molecule has 3 aromatic rings. The summed E-state index contributed by atoms with van der Waals surface area (Å²) in [4.78, 5) is 37.7. The lowest BCUT2D eigenvalue weighted by Gasteiger charge is -2.25. The van der Waals surface area contributed by atoms with Crippen LogP contribution in [0, 0.1) is 11.7 Å². The van der Waals surface area contributed by atoms with Gasteiger partial charge in [-0.1, -0.05) is 13.0 Å². The molecule has 2 amide bonds.